The lowest BCUT2D eigenvalue weighted by Gasteiger charge is -2.10. The molecule has 0 aliphatic rings. The van der Waals surface area contributed by atoms with Crippen LogP contribution in [0.5, 0.6) is 5.75 Å². The molecule has 0 saturated heterocycles. The summed E-state index contributed by atoms with van der Waals surface area (Å²) in [5.41, 5.74) is 6.17. The number of hydrogen-bond donors (Lipinski definition) is 2. The zero-order valence-corrected chi connectivity index (χ0v) is 11.6. The summed E-state index contributed by atoms with van der Waals surface area (Å²) in [5, 5.41) is 0. The molecule has 0 spiro atoms. The molecule has 0 unspecified atom stereocenters. The second kappa shape index (κ2) is 5.70. The number of H-pyrrole nitrogens is 1. The van der Waals surface area contributed by atoms with Crippen LogP contribution in [-0.2, 0) is 6.54 Å². The van der Waals surface area contributed by atoms with E-state index in [0.717, 1.165) is 5.56 Å². The largest absolute Gasteiger partial charge is 0.496 e. The Morgan fingerprint density at radius 2 is 2.15 bits per heavy atom. The van der Waals surface area contributed by atoms with Crippen LogP contribution in [0.25, 0.3) is 0 Å². The second-order valence-corrected chi connectivity index (χ2v) is 4.58. The molecule has 1 aromatic carbocycles. The third-order valence-electron chi connectivity index (χ3n) is 2.78. The molecule has 6 nitrogen and oxygen atoms in total. The van der Waals surface area contributed by atoms with E-state index in [1.807, 2.05) is 0 Å². The molecule has 0 atom stereocenters. The van der Waals surface area contributed by atoms with Gasteiger partial charge in [0.15, 0.2) is 0 Å². The highest BCUT2D eigenvalue weighted by Gasteiger charge is 2.08. The summed E-state index contributed by atoms with van der Waals surface area (Å²) in [4.78, 5) is 25.0. The molecule has 0 aliphatic carbocycles. The lowest BCUT2D eigenvalue weighted by Crippen LogP contribution is -2.28. The van der Waals surface area contributed by atoms with Crippen molar-refractivity contribution in [1.29, 1.82) is 0 Å². The third-order valence-corrected chi connectivity index (χ3v) is 3.00. The molecule has 1 heterocycles. The normalized spacial score (nSPS) is 10.2. The Hall–Kier alpha value is -2.41. The zero-order chi connectivity index (χ0) is 14.7. The first-order chi connectivity index (χ1) is 9.51. The van der Waals surface area contributed by atoms with Crippen molar-refractivity contribution in [3.05, 3.63) is 62.4 Å². The van der Waals surface area contributed by atoms with Gasteiger partial charge in [-0.25, -0.2) is 4.79 Å². The fraction of sp³-hybridized carbons (Fsp3) is 0.154. The van der Waals surface area contributed by atoms with E-state index >= 15 is 0 Å². The van der Waals surface area contributed by atoms with Crippen LogP contribution in [0.3, 0.4) is 0 Å². The Morgan fingerprint density at radius 1 is 1.40 bits per heavy atom. The van der Waals surface area contributed by atoms with Crippen LogP contribution in [0, 0.1) is 0 Å². The molecule has 1 aromatic heterocycles. The van der Waals surface area contributed by atoms with Crippen molar-refractivity contribution >= 4 is 17.2 Å². The molecule has 0 fully saturated rings. The molecule has 0 bridgehead atoms. The molecule has 0 saturated carbocycles. The van der Waals surface area contributed by atoms with Gasteiger partial charge in [0.05, 0.1) is 19.2 Å². The molecule has 0 radical (unpaired) electrons. The number of benzene rings is 1. The van der Waals surface area contributed by atoms with Crippen molar-refractivity contribution in [3.63, 3.8) is 0 Å². The zero-order valence-electron chi connectivity index (χ0n) is 10.8. The molecule has 0 aliphatic heterocycles. The van der Waals surface area contributed by atoms with Crippen LogP contribution >= 0.6 is 12.2 Å². The summed E-state index contributed by atoms with van der Waals surface area (Å²) in [6.45, 7) is 0.301. The highest BCUT2D eigenvalue weighted by atomic mass is 32.1. The van der Waals surface area contributed by atoms with Gasteiger partial charge in [0.1, 0.15) is 10.7 Å². The number of ether oxygens (including phenoxy) is 1. The SMILES string of the molecule is COc1ccc(Cn2ccc(=O)[nH]c2=O)cc1C(N)=S. The summed E-state index contributed by atoms with van der Waals surface area (Å²) in [5.74, 6) is 0.579. The van der Waals surface area contributed by atoms with Crippen LogP contribution in [0.1, 0.15) is 11.1 Å². The van der Waals surface area contributed by atoms with Crippen LogP contribution in [0.2, 0.25) is 0 Å². The second-order valence-electron chi connectivity index (χ2n) is 4.14. The number of aromatic nitrogens is 2. The number of methoxy groups -OCH3 is 1. The van der Waals surface area contributed by atoms with E-state index < -0.39 is 11.2 Å². The van der Waals surface area contributed by atoms with Crippen LogP contribution in [0.15, 0.2) is 40.1 Å². The van der Waals surface area contributed by atoms with E-state index in [2.05, 4.69) is 4.98 Å². The third kappa shape index (κ3) is 2.94. The molecular formula is C13H13N3O3S. The molecule has 0 amide bonds. The number of thiocarbonyl (C=S) groups is 1. The van der Waals surface area contributed by atoms with E-state index in [1.54, 1.807) is 18.2 Å². The fourth-order valence-electron chi connectivity index (χ4n) is 1.81. The van der Waals surface area contributed by atoms with Crippen LogP contribution < -0.4 is 21.7 Å². The molecule has 2 aromatic rings. The van der Waals surface area contributed by atoms with Gasteiger partial charge >= 0.3 is 5.69 Å². The van der Waals surface area contributed by atoms with Gasteiger partial charge in [0.2, 0.25) is 0 Å². The van der Waals surface area contributed by atoms with Crippen molar-refractivity contribution in [1.82, 2.24) is 9.55 Å². The fourth-order valence-corrected chi connectivity index (χ4v) is 1.97. The first-order valence-corrected chi connectivity index (χ1v) is 6.18. The maximum absolute atomic E-state index is 11.6. The van der Waals surface area contributed by atoms with E-state index in [1.165, 1.54) is 23.9 Å². The first kappa shape index (κ1) is 14.0. The Bertz CT molecular complexity index is 764. The van der Waals surface area contributed by atoms with Crippen molar-refractivity contribution in [2.75, 3.05) is 7.11 Å². The monoisotopic (exact) mass is 291 g/mol. The van der Waals surface area contributed by atoms with Crippen LogP contribution in [0.4, 0.5) is 0 Å². The van der Waals surface area contributed by atoms with Gasteiger partial charge in [-0.3, -0.25) is 14.3 Å². The molecular weight excluding hydrogens is 278 g/mol. The average molecular weight is 291 g/mol. The van der Waals surface area contributed by atoms with Gasteiger partial charge in [0.25, 0.3) is 5.56 Å². The van der Waals surface area contributed by atoms with Gasteiger partial charge in [-0.15, -0.1) is 0 Å². The summed E-state index contributed by atoms with van der Waals surface area (Å²) in [6.07, 6.45) is 1.44. The summed E-state index contributed by atoms with van der Waals surface area (Å²) >= 11 is 4.96. The summed E-state index contributed by atoms with van der Waals surface area (Å²) in [6, 6.07) is 6.59. The lowest BCUT2D eigenvalue weighted by atomic mass is 10.1. The van der Waals surface area contributed by atoms with E-state index in [4.69, 9.17) is 22.7 Å². The lowest BCUT2D eigenvalue weighted by molar-refractivity contribution is 0.414. The van der Waals surface area contributed by atoms with E-state index in [0.29, 0.717) is 17.9 Å². The number of nitrogens with zero attached hydrogens (tertiary/aromatic N) is 1. The molecule has 20 heavy (non-hydrogen) atoms. The van der Waals surface area contributed by atoms with E-state index in [-0.39, 0.29) is 4.99 Å². The minimum atomic E-state index is -0.467. The van der Waals surface area contributed by atoms with Gasteiger partial charge in [0, 0.05) is 12.3 Å². The van der Waals surface area contributed by atoms with Crippen molar-refractivity contribution in [3.8, 4) is 5.75 Å². The molecule has 104 valence electrons. The van der Waals surface area contributed by atoms with Crippen molar-refractivity contribution < 1.29 is 4.74 Å². The number of rotatable bonds is 4. The number of hydrogen-bond acceptors (Lipinski definition) is 4. The number of nitrogens with two attached hydrogens (primary N) is 1. The number of aromatic amines is 1. The predicted octanol–water partition coefficient (Wildman–Crippen LogP) is 0.228. The Balaban J connectivity index is 2.39. The van der Waals surface area contributed by atoms with Crippen molar-refractivity contribution in [2.45, 2.75) is 6.54 Å². The summed E-state index contributed by atoms with van der Waals surface area (Å²) in [7, 11) is 1.53. The Kier molecular flexibility index (Phi) is 3.99. The first-order valence-electron chi connectivity index (χ1n) is 5.78. The maximum Gasteiger partial charge on any atom is 0.328 e. The smallest absolute Gasteiger partial charge is 0.328 e. The highest BCUT2D eigenvalue weighted by Crippen LogP contribution is 2.20. The highest BCUT2D eigenvalue weighted by molar-refractivity contribution is 7.80. The standard InChI is InChI=1S/C13H13N3O3S/c1-19-10-3-2-8(6-9(10)12(14)20)7-16-5-4-11(17)15-13(16)18/h2-6H,7H2,1H3,(H2,14,20)(H,15,17,18). The Labute approximate surface area is 119 Å². The van der Waals surface area contributed by atoms with Gasteiger partial charge in [-0.2, -0.15) is 0 Å². The van der Waals surface area contributed by atoms with Gasteiger partial charge in [-0.05, 0) is 17.7 Å². The molecule has 2 rings (SSSR count). The van der Waals surface area contributed by atoms with Crippen molar-refractivity contribution in [2.24, 2.45) is 5.73 Å². The minimum Gasteiger partial charge on any atom is -0.496 e. The quantitative estimate of drug-likeness (QED) is 0.787. The summed E-state index contributed by atoms with van der Waals surface area (Å²) < 4.78 is 6.55. The molecule has 3 N–H and O–H groups in total. The number of nitrogens with one attached hydrogen (secondary N) is 1. The van der Waals surface area contributed by atoms with Crippen LogP contribution in [-0.4, -0.2) is 21.6 Å². The molecule has 7 heteroatoms. The topological polar surface area (TPSA) is 90.1 Å². The Morgan fingerprint density at radius 3 is 2.75 bits per heavy atom. The van der Waals surface area contributed by atoms with E-state index in [9.17, 15) is 9.59 Å². The predicted molar refractivity (Wildman–Crippen MR) is 79.3 cm³/mol. The average Bonchev–Trinajstić information content (AvgIpc) is 2.41. The maximum atomic E-state index is 11.6. The van der Waals surface area contributed by atoms with Gasteiger partial charge < -0.3 is 10.5 Å². The minimum absolute atomic E-state index is 0.220. The van der Waals surface area contributed by atoms with Gasteiger partial charge in [-0.1, -0.05) is 18.3 Å².